The summed E-state index contributed by atoms with van der Waals surface area (Å²) in [7, 11) is -1.43. The maximum atomic E-state index is 2.80. The van der Waals surface area contributed by atoms with Crippen LogP contribution >= 0.6 is 35.3 Å². The molecule has 0 bridgehead atoms. The Morgan fingerprint density at radius 1 is 0.815 bits per heavy atom. The number of thioether (sulfide) groups is 3. The van der Waals surface area contributed by atoms with E-state index in [2.05, 4.69) is 95.2 Å². The van der Waals surface area contributed by atoms with E-state index in [9.17, 15) is 0 Å². The third kappa shape index (κ3) is 2.71. The summed E-state index contributed by atoms with van der Waals surface area (Å²) < 4.78 is 0. The van der Waals surface area contributed by atoms with Gasteiger partial charge in [0.05, 0.1) is 8.07 Å². The third-order valence-corrected chi connectivity index (χ3v) is 18.7. The molecule has 2 fully saturated rings. The predicted octanol–water partition coefficient (Wildman–Crippen LogP) is 7.78. The smallest absolute Gasteiger partial charge is 0.0575 e. The number of allylic oxidation sites excluding steroid dienone is 6. The van der Waals surface area contributed by atoms with Gasteiger partial charge < -0.3 is 0 Å². The van der Waals surface area contributed by atoms with Gasteiger partial charge in [-0.1, -0.05) is 37.7 Å². The van der Waals surface area contributed by atoms with Crippen molar-refractivity contribution < 1.29 is 0 Å². The van der Waals surface area contributed by atoms with E-state index < -0.39 is 8.07 Å². The van der Waals surface area contributed by atoms with Crippen LogP contribution in [0.4, 0.5) is 0 Å². The molecule has 5 aliphatic rings. The Bertz CT molecular complexity index is 732. The molecule has 0 nitrogen and oxygen atoms in total. The van der Waals surface area contributed by atoms with Gasteiger partial charge in [0.2, 0.25) is 0 Å². The van der Waals surface area contributed by atoms with Crippen molar-refractivity contribution in [2.75, 3.05) is 0 Å². The summed E-state index contributed by atoms with van der Waals surface area (Å²) in [5.74, 6) is 3.41. The second-order valence-electron chi connectivity index (χ2n) is 10.4. The Labute approximate surface area is 179 Å². The van der Waals surface area contributed by atoms with Crippen molar-refractivity contribution in [2.24, 2.45) is 23.7 Å². The van der Waals surface area contributed by atoms with Crippen LogP contribution in [-0.2, 0) is 0 Å². The second-order valence-corrected chi connectivity index (χ2v) is 19.6. The fourth-order valence-electron chi connectivity index (χ4n) is 7.49. The molecule has 9 atom stereocenters. The lowest BCUT2D eigenvalue weighted by Crippen LogP contribution is -2.48. The Balaban J connectivity index is 1.50. The van der Waals surface area contributed by atoms with Gasteiger partial charge in [0, 0.05) is 15.7 Å². The molecule has 0 saturated heterocycles. The zero-order chi connectivity index (χ0) is 19.2. The van der Waals surface area contributed by atoms with Crippen LogP contribution < -0.4 is 0 Å². The molecule has 0 radical (unpaired) electrons. The zero-order valence-corrected chi connectivity index (χ0v) is 21.2. The van der Waals surface area contributed by atoms with Crippen molar-refractivity contribution in [3.05, 3.63) is 32.4 Å². The van der Waals surface area contributed by atoms with Crippen LogP contribution in [0.3, 0.4) is 0 Å². The molecule has 0 amide bonds. The molecule has 2 aliphatic carbocycles. The molecule has 0 aromatic heterocycles. The molecule has 0 spiro atoms. The first kappa shape index (κ1) is 19.5. The van der Waals surface area contributed by atoms with Crippen molar-refractivity contribution >= 4 is 43.4 Å². The Hall–Kier alpha value is 0.487. The molecule has 27 heavy (non-hydrogen) atoms. The monoisotopic (exact) mass is 434 g/mol. The molecule has 0 aromatic rings. The second kappa shape index (κ2) is 6.49. The van der Waals surface area contributed by atoms with Gasteiger partial charge in [-0.3, -0.25) is 0 Å². The minimum Gasteiger partial charge on any atom is -0.127 e. The van der Waals surface area contributed by atoms with E-state index in [1.807, 2.05) is 0 Å². The van der Waals surface area contributed by atoms with Crippen LogP contribution in [-0.4, -0.2) is 23.8 Å². The van der Waals surface area contributed by atoms with Gasteiger partial charge in [-0.05, 0) is 83.6 Å². The van der Waals surface area contributed by atoms with E-state index in [0.29, 0.717) is 0 Å². The third-order valence-electron chi connectivity index (χ3n) is 8.54. The Morgan fingerprint density at radius 3 is 1.93 bits per heavy atom. The summed E-state index contributed by atoms with van der Waals surface area (Å²) in [6.45, 7) is 17.7. The topological polar surface area (TPSA) is 0 Å². The summed E-state index contributed by atoms with van der Waals surface area (Å²) in [5.41, 5.74) is 3.66. The molecule has 2 saturated carbocycles. The van der Waals surface area contributed by atoms with E-state index in [1.165, 1.54) is 6.42 Å². The largest absolute Gasteiger partial charge is 0.127 e. The molecule has 0 aromatic carbocycles. The molecular formula is C23H34S3Si. The summed E-state index contributed by atoms with van der Waals surface area (Å²) in [6.07, 6.45) is 6.74. The molecule has 4 heteroatoms. The SMILES string of the molecule is CC1=CC2C(S1)C([Si](C)(C)C1C(C)C[C@H]3C(C)=C(C)SC13)C1SC(C)=C[C@@H]21. The fraction of sp³-hybridized carbons (Fsp3) is 0.739. The molecule has 7 unspecified atom stereocenters. The van der Waals surface area contributed by atoms with E-state index in [1.54, 1.807) is 20.3 Å². The highest BCUT2D eigenvalue weighted by Gasteiger charge is 2.63. The van der Waals surface area contributed by atoms with Crippen molar-refractivity contribution in [1.29, 1.82) is 0 Å². The quantitative estimate of drug-likeness (QED) is 0.407. The van der Waals surface area contributed by atoms with Gasteiger partial charge in [0.25, 0.3) is 0 Å². The first-order valence-electron chi connectivity index (χ1n) is 10.7. The fourth-order valence-corrected chi connectivity index (χ4v) is 21.1. The van der Waals surface area contributed by atoms with E-state index in [-0.39, 0.29) is 0 Å². The van der Waals surface area contributed by atoms with Crippen LogP contribution in [0.5, 0.6) is 0 Å². The van der Waals surface area contributed by atoms with Crippen LogP contribution in [0.1, 0.15) is 41.0 Å². The highest BCUT2D eigenvalue weighted by Crippen LogP contribution is 2.69. The highest BCUT2D eigenvalue weighted by atomic mass is 32.2. The predicted molar refractivity (Wildman–Crippen MR) is 129 cm³/mol. The van der Waals surface area contributed by atoms with Gasteiger partial charge in [0.15, 0.2) is 0 Å². The maximum absolute atomic E-state index is 2.80. The number of hydrogen-bond donors (Lipinski definition) is 0. The lowest BCUT2D eigenvalue weighted by molar-refractivity contribution is 0.562. The van der Waals surface area contributed by atoms with Crippen LogP contribution in [0.25, 0.3) is 0 Å². The molecule has 3 aliphatic heterocycles. The van der Waals surface area contributed by atoms with E-state index >= 15 is 0 Å². The first-order chi connectivity index (χ1) is 12.7. The Kier molecular flexibility index (Phi) is 4.68. The maximum Gasteiger partial charge on any atom is 0.0575 e. The lowest BCUT2D eigenvalue weighted by Gasteiger charge is -2.45. The van der Waals surface area contributed by atoms with Crippen molar-refractivity contribution in [3.63, 3.8) is 0 Å². The standard InChI is InChI=1S/C23H34S3Si/c1-11-8-16-14(4)15(5)26-19(16)22(11)27(6,7)23-20-17(9-12(2)24-20)18-10-13(3)25-21(18)23/h9-11,16-23H,8H2,1-7H3/t11?,16-,17-,18?,19?,20?,21?,22?,23?/m0/s1. The minimum absolute atomic E-state index is 0.812. The number of rotatable bonds is 2. The summed E-state index contributed by atoms with van der Waals surface area (Å²) in [6, 6.07) is 0. The summed E-state index contributed by atoms with van der Waals surface area (Å²) >= 11 is 6.77. The minimum atomic E-state index is -1.43. The lowest BCUT2D eigenvalue weighted by atomic mass is 9.95. The van der Waals surface area contributed by atoms with Crippen molar-refractivity contribution in [2.45, 2.75) is 81.0 Å². The van der Waals surface area contributed by atoms with Gasteiger partial charge in [-0.15, -0.1) is 35.3 Å². The van der Waals surface area contributed by atoms with Gasteiger partial charge in [-0.2, -0.15) is 0 Å². The van der Waals surface area contributed by atoms with E-state index in [4.69, 9.17) is 0 Å². The van der Waals surface area contributed by atoms with Crippen LogP contribution in [0, 0.1) is 23.7 Å². The normalized spacial score (nSPS) is 48.6. The zero-order valence-electron chi connectivity index (χ0n) is 17.8. The van der Waals surface area contributed by atoms with Crippen LogP contribution in [0.15, 0.2) is 32.4 Å². The molecule has 0 N–H and O–H groups in total. The highest BCUT2D eigenvalue weighted by molar-refractivity contribution is 8.05. The van der Waals surface area contributed by atoms with Gasteiger partial charge >= 0.3 is 0 Å². The molecule has 148 valence electrons. The molecule has 5 rings (SSSR count). The van der Waals surface area contributed by atoms with E-state index in [0.717, 1.165) is 50.5 Å². The van der Waals surface area contributed by atoms with Crippen molar-refractivity contribution in [3.8, 4) is 0 Å². The number of hydrogen-bond acceptors (Lipinski definition) is 3. The molecule has 3 heterocycles. The van der Waals surface area contributed by atoms with Crippen molar-refractivity contribution in [1.82, 2.24) is 0 Å². The molecular weight excluding hydrogens is 401 g/mol. The summed E-state index contributed by atoms with van der Waals surface area (Å²) in [4.78, 5) is 4.85. The summed E-state index contributed by atoms with van der Waals surface area (Å²) in [5, 5.41) is 2.62. The van der Waals surface area contributed by atoms with Gasteiger partial charge in [-0.25, -0.2) is 0 Å². The Morgan fingerprint density at radius 2 is 1.37 bits per heavy atom. The first-order valence-corrected chi connectivity index (χ1v) is 16.5. The number of fused-ring (bicyclic) bond motifs is 4. The average molecular weight is 435 g/mol. The average Bonchev–Trinajstić information content (AvgIpc) is 3.30. The van der Waals surface area contributed by atoms with Crippen LogP contribution in [0.2, 0.25) is 24.2 Å². The van der Waals surface area contributed by atoms with Gasteiger partial charge in [0.1, 0.15) is 0 Å².